The van der Waals surface area contributed by atoms with Crippen molar-refractivity contribution in [3.63, 3.8) is 0 Å². The van der Waals surface area contributed by atoms with Gasteiger partial charge in [0, 0.05) is 17.7 Å². The molecule has 0 saturated heterocycles. The van der Waals surface area contributed by atoms with Crippen molar-refractivity contribution in [1.29, 1.82) is 0 Å². The molecule has 0 spiro atoms. The van der Waals surface area contributed by atoms with Gasteiger partial charge in [0.15, 0.2) is 0 Å². The molecule has 0 aromatic heterocycles. The van der Waals surface area contributed by atoms with Crippen molar-refractivity contribution in [3.05, 3.63) is 34.9 Å². The van der Waals surface area contributed by atoms with Crippen molar-refractivity contribution in [2.24, 2.45) is 0 Å². The molecule has 120 valence electrons. The van der Waals surface area contributed by atoms with E-state index in [-0.39, 0.29) is 23.8 Å². The normalized spacial score (nSPS) is 13.8. The van der Waals surface area contributed by atoms with Gasteiger partial charge >= 0.3 is 6.18 Å². The van der Waals surface area contributed by atoms with Crippen molar-refractivity contribution >= 4 is 0 Å². The summed E-state index contributed by atoms with van der Waals surface area (Å²) in [6.07, 6.45) is -4.44. The van der Waals surface area contributed by atoms with Gasteiger partial charge in [-0.1, -0.05) is 13.8 Å². The summed E-state index contributed by atoms with van der Waals surface area (Å²) in [6.45, 7) is 3.22. The predicted molar refractivity (Wildman–Crippen MR) is 69.0 cm³/mol. The quantitative estimate of drug-likeness (QED) is 0.805. The maximum absolute atomic E-state index is 13.8. The Hall–Kier alpha value is -1.21. The van der Waals surface area contributed by atoms with E-state index in [4.69, 9.17) is 0 Å². The van der Waals surface area contributed by atoms with Crippen LogP contribution in [0.5, 0.6) is 0 Å². The summed E-state index contributed by atoms with van der Waals surface area (Å²) < 4.78 is 68.0. The second-order valence-electron chi connectivity index (χ2n) is 5.13. The average molecular weight is 311 g/mol. The third kappa shape index (κ3) is 5.97. The van der Waals surface area contributed by atoms with Crippen molar-refractivity contribution in [3.8, 4) is 0 Å². The average Bonchev–Trinajstić information content (AvgIpc) is 2.30. The van der Waals surface area contributed by atoms with Crippen molar-refractivity contribution in [2.75, 3.05) is 13.2 Å². The molecular weight excluding hydrogens is 293 g/mol. The molecule has 21 heavy (non-hydrogen) atoms. The summed E-state index contributed by atoms with van der Waals surface area (Å²) in [5.74, 6) is -1.51. The van der Waals surface area contributed by atoms with Crippen LogP contribution in [0.1, 0.15) is 31.0 Å². The smallest absolute Gasteiger partial charge is 0.370 e. The van der Waals surface area contributed by atoms with Gasteiger partial charge in [0.05, 0.1) is 12.6 Å². The van der Waals surface area contributed by atoms with Gasteiger partial charge in [-0.3, -0.25) is 0 Å². The summed E-state index contributed by atoms with van der Waals surface area (Å²) in [5, 5.41) is 2.92. The number of halogens is 5. The number of hydrogen-bond donors (Lipinski definition) is 1. The van der Waals surface area contributed by atoms with Crippen LogP contribution < -0.4 is 5.32 Å². The molecule has 0 aliphatic carbocycles. The van der Waals surface area contributed by atoms with E-state index in [1.54, 1.807) is 13.8 Å². The first-order valence-electron chi connectivity index (χ1n) is 6.46. The van der Waals surface area contributed by atoms with Gasteiger partial charge in [-0.2, -0.15) is 13.2 Å². The van der Waals surface area contributed by atoms with E-state index in [2.05, 4.69) is 10.1 Å². The molecule has 1 aromatic carbocycles. The Morgan fingerprint density at radius 1 is 1.14 bits per heavy atom. The molecule has 0 radical (unpaired) electrons. The Bertz CT molecular complexity index is 473. The number of rotatable bonds is 6. The summed E-state index contributed by atoms with van der Waals surface area (Å²) in [6, 6.07) is 1.12. The zero-order valence-corrected chi connectivity index (χ0v) is 12.0. The second-order valence-corrected chi connectivity index (χ2v) is 5.13. The zero-order chi connectivity index (χ0) is 16.2. The lowest BCUT2D eigenvalue weighted by molar-refractivity contribution is -0.175. The van der Waals surface area contributed by atoms with Gasteiger partial charge in [-0.05, 0) is 18.6 Å². The minimum Gasteiger partial charge on any atom is -0.370 e. The molecule has 2 nitrogen and oxygen atoms in total. The van der Waals surface area contributed by atoms with E-state index < -0.39 is 30.5 Å². The molecule has 0 amide bonds. The largest absolute Gasteiger partial charge is 0.411 e. The molecule has 1 aromatic rings. The van der Waals surface area contributed by atoms with Gasteiger partial charge in [0.1, 0.15) is 18.2 Å². The van der Waals surface area contributed by atoms with Gasteiger partial charge in [0.25, 0.3) is 0 Å². The number of hydrogen-bond acceptors (Lipinski definition) is 2. The maximum Gasteiger partial charge on any atom is 0.411 e. The number of ether oxygens (including phenoxy) is 1. The van der Waals surface area contributed by atoms with Gasteiger partial charge < -0.3 is 10.1 Å². The highest BCUT2D eigenvalue weighted by Gasteiger charge is 2.28. The molecule has 0 heterocycles. The van der Waals surface area contributed by atoms with E-state index in [9.17, 15) is 22.0 Å². The minimum absolute atomic E-state index is 0.0878. The lowest BCUT2D eigenvalue weighted by Crippen LogP contribution is -2.33. The topological polar surface area (TPSA) is 21.3 Å². The van der Waals surface area contributed by atoms with E-state index in [0.29, 0.717) is 0 Å². The van der Waals surface area contributed by atoms with Gasteiger partial charge in [0.2, 0.25) is 0 Å². The molecule has 0 bridgehead atoms. The fourth-order valence-corrected chi connectivity index (χ4v) is 1.87. The molecule has 1 rings (SSSR count). The molecular formula is C14H18F5NO. The van der Waals surface area contributed by atoms with Crippen LogP contribution in [0.4, 0.5) is 22.0 Å². The summed E-state index contributed by atoms with van der Waals surface area (Å²) >= 11 is 0. The van der Waals surface area contributed by atoms with Crippen molar-refractivity contribution in [1.82, 2.24) is 5.32 Å². The molecule has 1 N–H and O–H groups in total. The van der Waals surface area contributed by atoms with Crippen LogP contribution >= 0.6 is 0 Å². The van der Waals surface area contributed by atoms with E-state index >= 15 is 0 Å². The number of alkyl halides is 3. The molecule has 0 fully saturated rings. The van der Waals surface area contributed by atoms with Crippen LogP contribution in [0.3, 0.4) is 0 Å². The number of aryl methyl sites for hydroxylation is 1. The second kappa shape index (κ2) is 7.17. The maximum atomic E-state index is 13.8. The molecule has 0 saturated carbocycles. The summed E-state index contributed by atoms with van der Waals surface area (Å²) in [5.41, 5.74) is 0.308. The fourth-order valence-electron chi connectivity index (χ4n) is 1.87. The predicted octanol–water partition coefficient (Wildman–Crippen LogP) is 3.89. The number of benzene rings is 1. The van der Waals surface area contributed by atoms with Crippen molar-refractivity contribution < 1.29 is 26.7 Å². The van der Waals surface area contributed by atoms with Crippen LogP contribution in [0.2, 0.25) is 0 Å². The summed E-state index contributed by atoms with van der Waals surface area (Å²) in [4.78, 5) is 0. The van der Waals surface area contributed by atoms with Gasteiger partial charge in [-0.15, -0.1) is 0 Å². The highest BCUT2D eigenvalue weighted by molar-refractivity contribution is 5.28. The Balaban J connectivity index is 2.89. The Kier molecular flexibility index (Phi) is 6.10. The van der Waals surface area contributed by atoms with Crippen molar-refractivity contribution in [2.45, 2.75) is 39.0 Å². The third-order valence-electron chi connectivity index (χ3n) is 2.74. The first kappa shape index (κ1) is 17.8. The molecule has 1 atom stereocenters. The van der Waals surface area contributed by atoms with Crippen LogP contribution in [0.15, 0.2) is 12.1 Å². The van der Waals surface area contributed by atoms with E-state index in [1.165, 1.54) is 13.0 Å². The minimum atomic E-state index is -4.44. The number of nitrogens with one attached hydrogen (secondary N) is 1. The molecule has 7 heteroatoms. The van der Waals surface area contributed by atoms with Crippen LogP contribution in [0, 0.1) is 18.6 Å². The Labute approximate surface area is 120 Å². The lowest BCUT2D eigenvalue weighted by Gasteiger charge is -2.23. The molecule has 0 aliphatic rings. The zero-order valence-electron chi connectivity index (χ0n) is 12.0. The first-order valence-corrected chi connectivity index (χ1v) is 6.46. The highest BCUT2D eigenvalue weighted by Crippen LogP contribution is 2.23. The van der Waals surface area contributed by atoms with Crippen LogP contribution in [0.25, 0.3) is 0 Å². The Morgan fingerprint density at radius 2 is 1.76 bits per heavy atom. The fraction of sp³-hybridized carbons (Fsp3) is 0.571. The molecule has 0 aliphatic heterocycles. The van der Waals surface area contributed by atoms with Gasteiger partial charge in [-0.25, -0.2) is 8.78 Å². The van der Waals surface area contributed by atoms with E-state index in [1.807, 2.05) is 0 Å². The standard InChI is InChI=1S/C14H18F5NO/c1-8(2)20-13(6-21-7-14(17,18)19)10-4-9(3)11(15)5-12(10)16/h4-5,8,13,20H,6-7H2,1-3H3. The first-order chi connectivity index (χ1) is 9.60. The monoisotopic (exact) mass is 311 g/mol. The summed E-state index contributed by atoms with van der Waals surface area (Å²) in [7, 11) is 0. The Morgan fingerprint density at radius 3 is 2.29 bits per heavy atom. The van der Waals surface area contributed by atoms with E-state index in [0.717, 1.165) is 6.07 Å². The molecule has 1 unspecified atom stereocenters. The van der Waals surface area contributed by atoms with Crippen LogP contribution in [-0.4, -0.2) is 25.4 Å². The van der Waals surface area contributed by atoms with Crippen LogP contribution in [-0.2, 0) is 4.74 Å². The SMILES string of the molecule is Cc1cc(C(COCC(F)(F)F)NC(C)C)c(F)cc1F. The lowest BCUT2D eigenvalue weighted by atomic mass is 10.0. The highest BCUT2D eigenvalue weighted by atomic mass is 19.4. The third-order valence-corrected chi connectivity index (χ3v) is 2.74.